The summed E-state index contributed by atoms with van der Waals surface area (Å²) in [7, 11) is -3.76. The lowest BCUT2D eigenvalue weighted by Crippen LogP contribution is -2.32. The highest BCUT2D eigenvalue weighted by atomic mass is 35.5. The van der Waals surface area contributed by atoms with E-state index in [1.807, 2.05) is 42.0 Å². The number of amides is 1. The van der Waals surface area contributed by atoms with Crippen LogP contribution in [0.15, 0.2) is 72.1 Å². The van der Waals surface area contributed by atoms with Crippen molar-refractivity contribution in [3.8, 4) is 5.69 Å². The van der Waals surface area contributed by atoms with Crippen LogP contribution < -0.4 is 10.0 Å². The molecule has 1 amide bonds. The van der Waals surface area contributed by atoms with Gasteiger partial charge < -0.3 is 9.88 Å². The van der Waals surface area contributed by atoms with E-state index in [0.29, 0.717) is 0 Å². The summed E-state index contributed by atoms with van der Waals surface area (Å²) < 4.78 is 28.8. The van der Waals surface area contributed by atoms with Gasteiger partial charge in [0.05, 0.1) is 17.4 Å². The van der Waals surface area contributed by atoms with Gasteiger partial charge in [-0.05, 0) is 36.8 Å². The number of benzene rings is 2. The maximum absolute atomic E-state index is 12.3. The van der Waals surface area contributed by atoms with E-state index < -0.39 is 10.0 Å². The molecule has 152 valence electrons. The Morgan fingerprint density at radius 3 is 2.55 bits per heavy atom. The van der Waals surface area contributed by atoms with Crippen LogP contribution in [0.2, 0.25) is 5.02 Å². The van der Waals surface area contributed by atoms with Gasteiger partial charge in [-0.3, -0.25) is 4.79 Å². The molecule has 3 aromatic rings. The topological polar surface area (TPSA) is 93.1 Å². The molecule has 29 heavy (non-hydrogen) atoms. The van der Waals surface area contributed by atoms with Gasteiger partial charge in [-0.15, -0.1) is 0 Å². The molecule has 3 rings (SSSR count). The Morgan fingerprint density at radius 1 is 1.17 bits per heavy atom. The van der Waals surface area contributed by atoms with Gasteiger partial charge in [-0.2, -0.15) is 0 Å². The molecule has 1 atom stereocenters. The average molecular weight is 433 g/mol. The second-order valence-electron chi connectivity index (χ2n) is 6.43. The fraction of sp³-hybridized carbons (Fsp3) is 0.200. The first-order valence-corrected chi connectivity index (χ1v) is 10.8. The van der Waals surface area contributed by atoms with E-state index in [1.165, 1.54) is 12.1 Å². The molecule has 7 nitrogen and oxygen atoms in total. The number of halogens is 1. The van der Waals surface area contributed by atoms with E-state index in [-0.39, 0.29) is 34.8 Å². The van der Waals surface area contributed by atoms with Crippen molar-refractivity contribution in [1.29, 1.82) is 0 Å². The predicted molar refractivity (Wildman–Crippen MR) is 111 cm³/mol. The van der Waals surface area contributed by atoms with Crippen LogP contribution >= 0.6 is 11.6 Å². The van der Waals surface area contributed by atoms with Crippen molar-refractivity contribution in [2.75, 3.05) is 6.54 Å². The molecule has 1 unspecified atom stereocenters. The zero-order valence-electron chi connectivity index (χ0n) is 15.7. The van der Waals surface area contributed by atoms with Crippen LogP contribution in [0.4, 0.5) is 0 Å². The van der Waals surface area contributed by atoms with E-state index in [4.69, 9.17) is 11.6 Å². The number of nitrogens with zero attached hydrogens (tertiary/aromatic N) is 2. The largest absolute Gasteiger partial charge is 0.350 e. The molecule has 0 aliphatic carbocycles. The first-order chi connectivity index (χ1) is 13.9. The highest BCUT2D eigenvalue weighted by molar-refractivity contribution is 7.89. The molecule has 0 spiro atoms. The molecule has 0 bridgehead atoms. The number of nitrogens with one attached hydrogen (secondary N) is 2. The summed E-state index contributed by atoms with van der Waals surface area (Å²) in [4.78, 5) is 16.2. The third kappa shape index (κ3) is 5.44. The van der Waals surface area contributed by atoms with E-state index in [9.17, 15) is 13.2 Å². The quantitative estimate of drug-likeness (QED) is 0.572. The lowest BCUT2D eigenvalue weighted by molar-refractivity contribution is -0.121. The third-order valence-corrected chi connectivity index (χ3v) is 6.30. The maximum atomic E-state index is 12.3. The molecule has 0 saturated heterocycles. The van der Waals surface area contributed by atoms with Gasteiger partial charge in [0, 0.05) is 31.0 Å². The minimum Gasteiger partial charge on any atom is -0.350 e. The van der Waals surface area contributed by atoms with Crippen molar-refractivity contribution in [2.24, 2.45) is 0 Å². The Balaban J connectivity index is 1.51. The second kappa shape index (κ2) is 9.21. The Kier molecular flexibility index (Phi) is 6.68. The zero-order valence-corrected chi connectivity index (χ0v) is 17.3. The number of carbonyl (C=O) groups is 1. The van der Waals surface area contributed by atoms with Crippen LogP contribution in [0.25, 0.3) is 5.69 Å². The summed E-state index contributed by atoms with van der Waals surface area (Å²) in [5.41, 5.74) is 1.91. The van der Waals surface area contributed by atoms with Crippen LogP contribution in [0.5, 0.6) is 0 Å². The normalized spacial score (nSPS) is 12.5. The van der Waals surface area contributed by atoms with Crippen molar-refractivity contribution >= 4 is 27.5 Å². The second-order valence-corrected chi connectivity index (χ2v) is 8.57. The van der Waals surface area contributed by atoms with Gasteiger partial charge in [-0.25, -0.2) is 18.1 Å². The number of aromatic nitrogens is 2. The van der Waals surface area contributed by atoms with Crippen LogP contribution in [-0.4, -0.2) is 30.4 Å². The van der Waals surface area contributed by atoms with E-state index in [2.05, 4.69) is 15.0 Å². The maximum Gasteiger partial charge on any atom is 0.242 e. The van der Waals surface area contributed by atoms with Crippen molar-refractivity contribution in [3.05, 3.63) is 77.8 Å². The molecule has 1 heterocycles. The molecular weight excluding hydrogens is 412 g/mol. The first-order valence-electron chi connectivity index (χ1n) is 8.98. The van der Waals surface area contributed by atoms with Gasteiger partial charge in [0.2, 0.25) is 15.9 Å². The van der Waals surface area contributed by atoms with Crippen LogP contribution in [0, 0.1) is 0 Å². The van der Waals surface area contributed by atoms with Gasteiger partial charge in [0.15, 0.2) is 0 Å². The number of rotatable bonds is 8. The zero-order chi connectivity index (χ0) is 20.9. The lowest BCUT2D eigenvalue weighted by atomic mass is 10.1. The summed E-state index contributed by atoms with van der Waals surface area (Å²) in [5, 5.41) is 3.01. The number of sulfonamides is 1. The Bertz CT molecular complexity index is 1070. The Morgan fingerprint density at radius 2 is 1.90 bits per heavy atom. The SMILES string of the molecule is CC(NC(=O)CCNS(=O)(=O)c1ccccc1Cl)c1ccc(-n2ccnc2)cc1. The van der Waals surface area contributed by atoms with Gasteiger partial charge in [0.1, 0.15) is 4.90 Å². The highest BCUT2D eigenvalue weighted by Crippen LogP contribution is 2.20. The Hall–Kier alpha value is -2.68. The van der Waals surface area contributed by atoms with E-state index in [0.717, 1.165) is 11.3 Å². The summed E-state index contributed by atoms with van der Waals surface area (Å²) in [6.07, 6.45) is 5.28. The molecule has 9 heteroatoms. The molecule has 0 radical (unpaired) electrons. The molecular formula is C20H21ClN4O3S. The Labute approximate surface area is 174 Å². The van der Waals surface area contributed by atoms with E-state index >= 15 is 0 Å². The predicted octanol–water partition coefficient (Wildman–Crippen LogP) is 3.07. The summed E-state index contributed by atoms with van der Waals surface area (Å²) in [6.45, 7) is 1.85. The third-order valence-electron chi connectivity index (χ3n) is 4.34. The number of carbonyl (C=O) groups excluding carboxylic acids is 1. The van der Waals surface area contributed by atoms with Crippen molar-refractivity contribution < 1.29 is 13.2 Å². The molecule has 0 fully saturated rings. The fourth-order valence-corrected chi connectivity index (χ4v) is 4.33. The summed E-state index contributed by atoms with van der Waals surface area (Å²) in [6, 6.07) is 13.7. The molecule has 2 aromatic carbocycles. The van der Waals surface area contributed by atoms with E-state index in [1.54, 1.807) is 24.7 Å². The van der Waals surface area contributed by atoms with Gasteiger partial charge >= 0.3 is 0 Å². The highest BCUT2D eigenvalue weighted by Gasteiger charge is 2.17. The summed E-state index contributed by atoms with van der Waals surface area (Å²) >= 11 is 5.93. The molecule has 2 N–H and O–H groups in total. The van der Waals surface area contributed by atoms with Crippen LogP contribution in [-0.2, 0) is 14.8 Å². The smallest absolute Gasteiger partial charge is 0.242 e. The minimum atomic E-state index is -3.76. The number of imidazole rings is 1. The molecule has 0 saturated carbocycles. The molecule has 1 aromatic heterocycles. The number of hydrogen-bond donors (Lipinski definition) is 2. The van der Waals surface area contributed by atoms with Crippen molar-refractivity contribution in [1.82, 2.24) is 19.6 Å². The van der Waals surface area contributed by atoms with Crippen LogP contribution in [0.1, 0.15) is 24.9 Å². The molecule has 0 aliphatic heterocycles. The summed E-state index contributed by atoms with van der Waals surface area (Å²) in [5.74, 6) is -0.252. The van der Waals surface area contributed by atoms with Crippen molar-refractivity contribution in [3.63, 3.8) is 0 Å². The minimum absolute atomic E-state index is 0.00609. The average Bonchev–Trinajstić information content (AvgIpc) is 3.23. The first kappa shape index (κ1) is 21.0. The standard InChI is InChI=1S/C20H21ClN4O3S/c1-15(16-6-8-17(9-7-16)25-13-12-22-14-25)24-20(26)10-11-23-29(27,28)19-5-3-2-4-18(19)21/h2-9,12-15,23H,10-11H2,1H3,(H,24,26). The molecule has 0 aliphatic rings. The lowest BCUT2D eigenvalue weighted by Gasteiger charge is -2.15. The number of hydrogen-bond acceptors (Lipinski definition) is 4. The van der Waals surface area contributed by atoms with Crippen LogP contribution in [0.3, 0.4) is 0 Å². The van der Waals surface area contributed by atoms with Crippen molar-refractivity contribution in [2.45, 2.75) is 24.3 Å². The fourth-order valence-electron chi connectivity index (χ4n) is 2.78. The monoisotopic (exact) mass is 432 g/mol. The van der Waals surface area contributed by atoms with Gasteiger partial charge in [0.25, 0.3) is 0 Å². The van der Waals surface area contributed by atoms with Gasteiger partial charge in [-0.1, -0.05) is 35.9 Å².